The second kappa shape index (κ2) is 3.42. The van der Waals surface area contributed by atoms with Crippen molar-refractivity contribution < 1.29 is 13.5 Å². The molecule has 0 fully saturated rings. The van der Waals surface area contributed by atoms with E-state index in [0.717, 1.165) is 13.2 Å². The van der Waals surface area contributed by atoms with Crippen molar-refractivity contribution in [3.05, 3.63) is 22.0 Å². The predicted molar refractivity (Wildman–Crippen MR) is 43.0 cm³/mol. The highest BCUT2D eigenvalue weighted by Gasteiger charge is 2.17. The van der Waals surface area contributed by atoms with Crippen molar-refractivity contribution in [1.29, 1.82) is 0 Å². The van der Waals surface area contributed by atoms with Gasteiger partial charge < -0.3 is 15.5 Å². The monoisotopic (exact) mass is 190 g/mol. The van der Waals surface area contributed by atoms with Gasteiger partial charge in [-0.15, -0.1) is 0 Å². The van der Waals surface area contributed by atoms with Crippen molar-refractivity contribution in [2.45, 2.75) is 6.43 Å². The molecular weight excluding hydrogens is 182 g/mol. The van der Waals surface area contributed by atoms with Crippen molar-refractivity contribution in [1.82, 2.24) is 4.98 Å². The van der Waals surface area contributed by atoms with Gasteiger partial charge in [-0.3, -0.25) is 4.79 Å². The van der Waals surface area contributed by atoms with Gasteiger partial charge in [-0.2, -0.15) is 0 Å². The van der Waals surface area contributed by atoms with Crippen LogP contribution in [0.2, 0.25) is 0 Å². The van der Waals surface area contributed by atoms with Gasteiger partial charge in [-0.05, 0) is 0 Å². The normalized spacial score (nSPS) is 10.5. The minimum absolute atomic E-state index is 0.110. The molecule has 1 rings (SSSR count). The highest BCUT2D eigenvalue weighted by molar-refractivity contribution is 5.38. The first kappa shape index (κ1) is 9.50. The summed E-state index contributed by atoms with van der Waals surface area (Å²) in [6.45, 7) is 0. The van der Waals surface area contributed by atoms with Gasteiger partial charge >= 0.3 is 0 Å². The zero-order valence-electron chi connectivity index (χ0n) is 6.80. The SMILES string of the molecule is COc1c(C(F)F)[nH]c(N)cc1=O. The van der Waals surface area contributed by atoms with Crippen LogP contribution >= 0.6 is 0 Å². The quantitative estimate of drug-likeness (QED) is 0.728. The number of alkyl halides is 2. The molecule has 0 aliphatic rings. The summed E-state index contributed by atoms with van der Waals surface area (Å²) in [6, 6.07) is 0.991. The lowest BCUT2D eigenvalue weighted by atomic mass is 10.3. The van der Waals surface area contributed by atoms with E-state index in [1.807, 2.05) is 0 Å². The average molecular weight is 190 g/mol. The number of nitrogens with one attached hydrogen (secondary N) is 1. The third kappa shape index (κ3) is 1.77. The standard InChI is InChI=1S/C7H8F2N2O2/c1-13-6-3(12)2-4(10)11-5(6)7(8)9/h2,7H,1H3,(H3,10,11,12). The Labute approximate surface area is 72.3 Å². The topological polar surface area (TPSA) is 68.1 Å². The minimum atomic E-state index is -2.81. The van der Waals surface area contributed by atoms with Gasteiger partial charge in [0, 0.05) is 6.07 Å². The molecule has 0 saturated carbocycles. The van der Waals surface area contributed by atoms with Gasteiger partial charge in [0.25, 0.3) is 6.43 Å². The lowest BCUT2D eigenvalue weighted by Crippen LogP contribution is -2.12. The molecule has 0 atom stereocenters. The Kier molecular flexibility index (Phi) is 2.50. The fourth-order valence-corrected chi connectivity index (χ4v) is 0.952. The van der Waals surface area contributed by atoms with E-state index in [1.165, 1.54) is 0 Å². The molecule has 0 aliphatic heterocycles. The molecule has 4 nitrogen and oxygen atoms in total. The summed E-state index contributed by atoms with van der Waals surface area (Å²) in [6.07, 6.45) is -2.81. The third-order valence-corrected chi connectivity index (χ3v) is 1.46. The number of aromatic nitrogens is 1. The molecule has 0 saturated heterocycles. The molecule has 3 N–H and O–H groups in total. The van der Waals surface area contributed by atoms with Crippen LogP contribution < -0.4 is 15.9 Å². The highest BCUT2D eigenvalue weighted by Crippen LogP contribution is 2.24. The molecule has 1 aromatic rings. The van der Waals surface area contributed by atoms with Crippen LogP contribution in [0, 0.1) is 0 Å². The van der Waals surface area contributed by atoms with Crippen LogP contribution in [0.25, 0.3) is 0 Å². The number of hydrogen-bond acceptors (Lipinski definition) is 3. The lowest BCUT2D eigenvalue weighted by Gasteiger charge is -2.07. The van der Waals surface area contributed by atoms with Crippen LogP contribution in [-0.4, -0.2) is 12.1 Å². The number of nitrogen functional groups attached to an aromatic ring is 1. The predicted octanol–water partition coefficient (Wildman–Crippen LogP) is 0.903. The summed E-state index contributed by atoms with van der Waals surface area (Å²) in [5, 5.41) is 0. The van der Waals surface area contributed by atoms with Gasteiger partial charge in [-0.1, -0.05) is 0 Å². The van der Waals surface area contributed by atoms with Crippen LogP contribution in [-0.2, 0) is 0 Å². The number of methoxy groups -OCH3 is 1. The first-order valence-corrected chi connectivity index (χ1v) is 3.41. The summed E-state index contributed by atoms with van der Waals surface area (Å²) in [4.78, 5) is 13.2. The molecule has 0 unspecified atom stereocenters. The van der Waals surface area contributed by atoms with E-state index in [-0.39, 0.29) is 5.82 Å². The van der Waals surface area contributed by atoms with Crippen LogP contribution in [0.15, 0.2) is 10.9 Å². The summed E-state index contributed by atoms with van der Waals surface area (Å²) in [5.41, 5.74) is 3.93. The summed E-state index contributed by atoms with van der Waals surface area (Å²) in [5.74, 6) is -0.509. The Balaban J connectivity index is 3.38. The molecule has 0 aliphatic carbocycles. The zero-order valence-corrected chi connectivity index (χ0v) is 6.80. The molecule has 0 amide bonds. The Bertz CT molecular complexity index is 362. The average Bonchev–Trinajstić information content (AvgIpc) is 2.02. The molecule has 0 bridgehead atoms. The smallest absolute Gasteiger partial charge is 0.282 e. The summed E-state index contributed by atoms with van der Waals surface area (Å²) in [7, 11) is 1.15. The maximum atomic E-state index is 12.3. The van der Waals surface area contributed by atoms with E-state index < -0.39 is 23.3 Å². The maximum Gasteiger partial charge on any atom is 0.282 e. The Morgan fingerprint density at radius 1 is 1.62 bits per heavy atom. The lowest BCUT2D eigenvalue weighted by molar-refractivity contribution is 0.141. The number of ether oxygens (including phenoxy) is 1. The molecule has 1 heterocycles. The number of rotatable bonds is 2. The van der Waals surface area contributed by atoms with Gasteiger partial charge in [-0.25, -0.2) is 8.78 Å². The Morgan fingerprint density at radius 3 is 2.69 bits per heavy atom. The maximum absolute atomic E-state index is 12.3. The van der Waals surface area contributed by atoms with Crippen LogP contribution in [0.1, 0.15) is 12.1 Å². The summed E-state index contributed by atoms with van der Waals surface area (Å²) >= 11 is 0. The number of pyridine rings is 1. The van der Waals surface area contributed by atoms with E-state index in [1.54, 1.807) is 0 Å². The van der Waals surface area contributed by atoms with Crippen molar-refractivity contribution in [2.24, 2.45) is 0 Å². The highest BCUT2D eigenvalue weighted by atomic mass is 19.3. The Hall–Kier alpha value is -1.59. The van der Waals surface area contributed by atoms with E-state index in [9.17, 15) is 13.6 Å². The van der Waals surface area contributed by atoms with E-state index in [0.29, 0.717) is 0 Å². The van der Waals surface area contributed by atoms with Crippen molar-refractivity contribution in [3.63, 3.8) is 0 Å². The second-order valence-electron chi connectivity index (χ2n) is 2.34. The number of halogens is 2. The fourth-order valence-electron chi connectivity index (χ4n) is 0.952. The summed E-state index contributed by atoms with van der Waals surface area (Å²) < 4.78 is 29.1. The van der Waals surface area contributed by atoms with Crippen LogP contribution in [0.5, 0.6) is 5.75 Å². The van der Waals surface area contributed by atoms with E-state index in [4.69, 9.17) is 5.73 Å². The number of H-pyrrole nitrogens is 1. The van der Waals surface area contributed by atoms with Gasteiger partial charge in [0.1, 0.15) is 11.5 Å². The fraction of sp³-hybridized carbons (Fsp3) is 0.286. The number of hydrogen-bond donors (Lipinski definition) is 2. The minimum Gasteiger partial charge on any atom is -0.491 e. The molecule has 0 spiro atoms. The first-order valence-electron chi connectivity index (χ1n) is 3.41. The first-order chi connectivity index (χ1) is 6.06. The van der Waals surface area contributed by atoms with Gasteiger partial charge in [0.15, 0.2) is 5.75 Å². The third-order valence-electron chi connectivity index (χ3n) is 1.46. The zero-order chi connectivity index (χ0) is 10.0. The Morgan fingerprint density at radius 2 is 2.23 bits per heavy atom. The van der Waals surface area contributed by atoms with Crippen LogP contribution in [0.4, 0.5) is 14.6 Å². The van der Waals surface area contributed by atoms with Crippen molar-refractivity contribution in [2.75, 3.05) is 12.8 Å². The largest absolute Gasteiger partial charge is 0.491 e. The molecule has 1 aromatic heterocycles. The van der Waals surface area contributed by atoms with E-state index >= 15 is 0 Å². The molecular formula is C7H8F2N2O2. The van der Waals surface area contributed by atoms with E-state index in [2.05, 4.69) is 9.72 Å². The molecule has 0 radical (unpaired) electrons. The van der Waals surface area contributed by atoms with Gasteiger partial charge in [0.2, 0.25) is 5.43 Å². The molecule has 0 aromatic carbocycles. The number of nitrogens with two attached hydrogens (primary N) is 1. The number of aromatic amines is 1. The van der Waals surface area contributed by atoms with Crippen molar-refractivity contribution >= 4 is 5.82 Å². The molecule has 6 heteroatoms. The second-order valence-corrected chi connectivity index (χ2v) is 2.34. The van der Waals surface area contributed by atoms with Crippen LogP contribution in [0.3, 0.4) is 0 Å². The molecule has 72 valence electrons. The van der Waals surface area contributed by atoms with Gasteiger partial charge in [0.05, 0.1) is 7.11 Å². The molecule has 13 heavy (non-hydrogen) atoms. The number of anilines is 1. The van der Waals surface area contributed by atoms with Crippen molar-refractivity contribution in [3.8, 4) is 5.75 Å².